The van der Waals surface area contributed by atoms with Gasteiger partial charge in [-0.15, -0.1) is 0 Å². The summed E-state index contributed by atoms with van der Waals surface area (Å²) in [6.07, 6.45) is 5.48. The van der Waals surface area contributed by atoms with Gasteiger partial charge in [0.1, 0.15) is 17.4 Å². The fraction of sp³-hybridized carbons (Fsp3) is 0.360. The summed E-state index contributed by atoms with van der Waals surface area (Å²) in [6.45, 7) is 4.35. The molecule has 0 fully saturated rings. The van der Waals surface area contributed by atoms with Crippen LogP contribution < -0.4 is 4.74 Å². The lowest BCUT2D eigenvalue weighted by molar-refractivity contribution is -0.132. The molecule has 29 heavy (non-hydrogen) atoms. The average molecular weight is 392 g/mol. The van der Waals surface area contributed by atoms with Gasteiger partial charge in [0.25, 0.3) is 0 Å². The largest absolute Gasteiger partial charge is 0.497 e. The first-order valence-corrected chi connectivity index (χ1v) is 10.2. The highest BCUT2D eigenvalue weighted by Crippen LogP contribution is 2.36. The van der Waals surface area contributed by atoms with Gasteiger partial charge in [0.15, 0.2) is 0 Å². The van der Waals surface area contributed by atoms with Crippen LogP contribution in [0.15, 0.2) is 54.1 Å². The Hall–Kier alpha value is -3.06. The van der Waals surface area contributed by atoms with Gasteiger partial charge in [-0.1, -0.05) is 69.5 Å². The molecule has 0 spiro atoms. The zero-order valence-corrected chi connectivity index (χ0v) is 17.4. The maximum absolute atomic E-state index is 11.9. The van der Waals surface area contributed by atoms with Crippen LogP contribution in [-0.2, 0) is 4.79 Å². The third-order valence-corrected chi connectivity index (χ3v) is 5.27. The standard InChI is InChI=1S/C25H29NO3/c1-4-6-7-10-18(5-2)21-11-8-9-12-22(21)24(23(17-26)25(27)28)19-13-15-20(29-3)16-14-19/h8-9,11-16,18H,4-7,10H2,1-3H3,(H,27,28)/b24-23+. The van der Waals surface area contributed by atoms with Crippen LogP contribution in [0.25, 0.3) is 5.57 Å². The van der Waals surface area contributed by atoms with Crippen LogP contribution in [0.1, 0.15) is 68.6 Å². The Balaban J connectivity index is 2.66. The van der Waals surface area contributed by atoms with Gasteiger partial charge >= 0.3 is 5.97 Å². The molecular weight excluding hydrogens is 362 g/mol. The second-order valence-corrected chi connectivity index (χ2v) is 7.08. The molecule has 1 atom stereocenters. The molecule has 0 saturated carbocycles. The zero-order chi connectivity index (χ0) is 21.2. The maximum atomic E-state index is 11.9. The Morgan fingerprint density at radius 1 is 1.10 bits per heavy atom. The Morgan fingerprint density at radius 2 is 1.79 bits per heavy atom. The van der Waals surface area contributed by atoms with Crippen LogP contribution in [0.2, 0.25) is 0 Å². The lowest BCUT2D eigenvalue weighted by Gasteiger charge is -2.21. The van der Waals surface area contributed by atoms with Gasteiger partial charge in [-0.3, -0.25) is 0 Å². The Morgan fingerprint density at radius 3 is 2.34 bits per heavy atom. The number of aliphatic carboxylic acids is 1. The van der Waals surface area contributed by atoms with Gasteiger partial charge in [0, 0.05) is 5.57 Å². The van der Waals surface area contributed by atoms with E-state index in [0.717, 1.165) is 36.8 Å². The van der Waals surface area contributed by atoms with Crippen molar-refractivity contribution in [3.05, 3.63) is 70.8 Å². The fourth-order valence-corrected chi connectivity index (χ4v) is 3.70. The van der Waals surface area contributed by atoms with Gasteiger partial charge in [0.05, 0.1) is 7.11 Å². The molecule has 0 aliphatic heterocycles. The number of carboxylic acid groups (broad SMARTS) is 1. The fourth-order valence-electron chi connectivity index (χ4n) is 3.70. The van der Waals surface area contributed by atoms with E-state index in [4.69, 9.17) is 4.74 Å². The molecule has 2 aromatic carbocycles. The molecular formula is C25H29NO3. The summed E-state index contributed by atoms with van der Waals surface area (Å²) in [5.74, 6) is -0.215. The van der Waals surface area contributed by atoms with E-state index >= 15 is 0 Å². The molecule has 0 heterocycles. The first kappa shape index (κ1) is 22.2. The highest BCUT2D eigenvalue weighted by Gasteiger charge is 2.22. The van der Waals surface area contributed by atoms with E-state index in [2.05, 4.69) is 19.9 Å². The number of hydrogen-bond donors (Lipinski definition) is 1. The van der Waals surface area contributed by atoms with E-state index in [9.17, 15) is 15.2 Å². The van der Waals surface area contributed by atoms with Crippen molar-refractivity contribution in [2.45, 2.75) is 51.9 Å². The molecule has 4 nitrogen and oxygen atoms in total. The zero-order valence-electron chi connectivity index (χ0n) is 17.4. The van der Waals surface area contributed by atoms with Crippen LogP contribution in [0.5, 0.6) is 5.75 Å². The third kappa shape index (κ3) is 5.48. The van der Waals surface area contributed by atoms with Crippen molar-refractivity contribution in [1.82, 2.24) is 0 Å². The first-order valence-electron chi connectivity index (χ1n) is 10.2. The number of hydrogen-bond acceptors (Lipinski definition) is 3. The summed E-state index contributed by atoms with van der Waals surface area (Å²) in [4.78, 5) is 11.9. The van der Waals surface area contributed by atoms with E-state index in [0.29, 0.717) is 22.8 Å². The average Bonchev–Trinajstić information content (AvgIpc) is 2.75. The van der Waals surface area contributed by atoms with Gasteiger partial charge in [-0.25, -0.2) is 4.79 Å². The number of unbranched alkanes of at least 4 members (excludes halogenated alkanes) is 2. The molecule has 2 rings (SSSR count). The normalized spacial score (nSPS) is 12.6. The summed E-state index contributed by atoms with van der Waals surface area (Å²) in [5.41, 5.74) is 2.84. The number of carboxylic acids is 1. The second kappa shape index (κ2) is 11.1. The smallest absolute Gasteiger partial charge is 0.347 e. The molecule has 0 bridgehead atoms. The summed E-state index contributed by atoms with van der Waals surface area (Å²) in [6, 6.07) is 17.0. The minimum absolute atomic E-state index is 0.244. The van der Waals surface area contributed by atoms with E-state index in [1.54, 1.807) is 19.2 Å². The molecule has 0 aromatic heterocycles. The number of rotatable bonds is 10. The van der Waals surface area contributed by atoms with Gasteiger partial charge < -0.3 is 9.84 Å². The van der Waals surface area contributed by atoms with Crippen LogP contribution >= 0.6 is 0 Å². The summed E-state index contributed by atoms with van der Waals surface area (Å²) in [7, 11) is 1.58. The molecule has 4 heteroatoms. The van der Waals surface area contributed by atoms with E-state index in [-0.39, 0.29) is 5.57 Å². The van der Waals surface area contributed by atoms with Crippen molar-refractivity contribution in [1.29, 1.82) is 5.26 Å². The summed E-state index contributed by atoms with van der Waals surface area (Å²) < 4.78 is 5.23. The van der Waals surface area contributed by atoms with Crippen molar-refractivity contribution < 1.29 is 14.6 Å². The lowest BCUT2D eigenvalue weighted by Crippen LogP contribution is -2.08. The molecule has 2 aromatic rings. The summed E-state index contributed by atoms with van der Waals surface area (Å²) >= 11 is 0. The van der Waals surface area contributed by atoms with Gasteiger partial charge in [-0.05, 0) is 47.6 Å². The molecule has 1 N–H and O–H groups in total. The van der Waals surface area contributed by atoms with E-state index in [1.165, 1.54) is 6.42 Å². The highest BCUT2D eigenvalue weighted by molar-refractivity contribution is 6.04. The Bertz CT molecular complexity index is 891. The van der Waals surface area contributed by atoms with Crippen molar-refractivity contribution in [2.24, 2.45) is 0 Å². The number of benzene rings is 2. The number of methoxy groups -OCH3 is 1. The quantitative estimate of drug-likeness (QED) is 0.298. The molecule has 0 aliphatic rings. The number of carbonyl (C=O) groups is 1. The predicted octanol–water partition coefficient (Wildman–Crippen LogP) is 6.18. The van der Waals surface area contributed by atoms with E-state index < -0.39 is 5.97 Å². The third-order valence-electron chi connectivity index (χ3n) is 5.27. The lowest BCUT2D eigenvalue weighted by atomic mass is 9.82. The van der Waals surface area contributed by atoms with Gasteiger partial charge in [0.2, 0.25) is 0 Å². The first-order chi connectivity index (χ1) is 14.1. The van der Waals surface area contributed by atoms with Crippen molar-refractivity contribution in [3.8, 4) is 11.8 Å². The van der Waals surface area contributed by atoms with Crippen molar-refractivity contribution in [3.63, 3.8) is 0 Å². The van der Waals surface area contributed by atoms with Crippen molar-refractivity contribution in [2.75, 3.05) is 7.11 Å². The molecule has 0 saturated heterocycles. The Labute approximate surface area is 173 Å². The Kier molecular flexibility index (Phi) is 8.48. The predicted molar refractivity (Wildman–Crippen MR) is 116 cm³/mol. The van der Waals surface area contributed by atoms with Crippen LogP contribution in [0.3, 0.4) is 0 Å². The monoisotopic (exact) mass is 391 g/mol. The number of nitrogens with zero attached hydrogens (tertiary/aromatic N) is 1. The molecule has 152 valence electrons. The van der Waals surface area contributed by atoms with Gasteiger partial charge in [-0.2, -0.15) is 5.26 Å². The van der Waals surface area contributed by atoms with E-state index in [1.807, 2.05) is 36.4 Å². The van der Waals surface area contributed by atoms with Crippen molar-refractivity contribution >= 4 is 11.5 Å². The SMILES string of the molecule is CCCCCC(CC)c1ccccc1/C(=C(\C#N)C(=O)O)c1ccc(OC)cc1. The van der Waals surface area contributed by atoms with Crippen LogP contribution in [-0.4, -0.2) is 18.2 Å². The number of ether oxygens (including phenoxy) is 1. The second-order valence-electron chi connectivity index (χ2n) is 7.08. The minimum Gasteiger partial charge on any atom is -0.497 e. The highest BCUT2D eigenvalue weighted by atomic mass is 16.5. The molecule has 1 unspecified atom stereocenters. The van der Waals surface area contributed by atoms with Crippen LogP contribution in [0.4, 0.5) is 0 Å². The molecule has 0 radical (unpaired) electrons. The minimum atomic E-state index is -1.22. The van der Waals surface area contributed by atoms with Crippen LogP contribution in [0, 0.1) is 11.3 Å². The number of nitriles is 1. The summed E-state index contributed by atoms with van der Waals surface area (Å²) in [5, 5.41) is 19.4. The topological polar surface area (TPSA) is 70.3 Å². The maximum Gasteiger partial charge on any atom is 0.347 e. The molecule has 0 aliphatic carbocycles. The molecule has 0 amide bonds.